The van der Waals surface area contributed by atoms with Gasteiger partial charge in [-0.3, -0.25) is 9.59 Å². The topological polar surface area (TPSA) is 59.1 Å². The van der Waals surface area contributed by atoms with Gasteiger partial charge in [-0.05, 0) is 50.2 Å². The Morgan fingerprint density at radius 2 is 0.938 bits per heavy atom. The smallest absolute Gasteiger partial charge is 0.264 e. The van der Waals surface area contributed by atoms with Crippen molar-refractivity contribution in [1.82, 2.24) is 0 Å². The molecule has 6 heteroatoms. The monoisotopic (exact) mass is 432 g/mol. The van der Waals surface area contributed by atoms with Crippen molar-refractivity contribution in [3.05, 3.63) is 84.9 Å². The summed E-state index contributed by atoms with van der Waals surface area (Å²) in [6, 6.07) is 26.0. The van der Waals surface area contributed by atoms with Crippen LogP contribution in [0.2, 0.25) is 0 Å². The molecular weight excluding hydrogens is 404 g/mol. The average molecular weight is 433 g/mol. The molecule has 0 fully saturated rings. The highest BCUT2D eigenvalue weighted by Gasteiger charge is 2.17. The fourth-order valence-corrected chi connectivity index (χ4v) is 3.35. The summed E-state index contributed by atoms with van der Waals surface area (Å²) >= 11 is 0. The summed E-state index contributed by atoms with van der Waals surface area (Å²) in [4.78, 5) is 28.7. The fourth-order valence-electron chi connectivity index (χ4n) is 3.35. The van der Waals surface area contributed by atoms with Crippen LogP contribution in [0, 0.1) is 0 Å². The number of para-hydroxylation sites is 4. The first-order valence-corrected chi connectivity index (χ1v) is 10.7. The number of carbonyl (C=O) groups is 2. The minimum atomic E-state index is -0.161. The second-order valence-corrected chi connectivity index (χ2v) is 6.97. The Morgan fingerprint density at radius 3 is 1.28 bits per heavy atom. The summed E-state index contributed by atoms with van der Waals surface area (Å²) in [6.45, 7) is 4.63. The molecular formula is C26H28N2O4. The van der Waals surface area contributed by atoms with E-state index in [1.807, 2.05) is 74.5 Å². The predicted octanol–water partition coefficient (Wildman–Crippen LogP) is 4.55. The fraction of sp³-hybridized carbons (Fsp3) is 0.231. The molecule has 0 bridgehead atoms. The van der Waals surface area contributed by atoms with E-state index in [1.54, 1.807) is 34.1 Å². The minimum absolute atomic E-state index is 0.137. The molecule has 3 aromatic carbocycles. The predicted molar refractivity (Wildman–Crippen MR) is 126 cm³/mol. The molecule has 0 unspecified atom stereocenters. The van der Waals surface area contributed by atoms with Crippen LogP contribution < -0.4 is 19.3 Å². The number of carbonyl (C=O) groups excluding carboxylic acids is 2. The van der Waals surface area contributed by atoms with Crippen molar-refractivity contribution < 1.29 is 19.1 Å². The number of anilines is 2. The number of nitrogens with zero attached hydrogens (tertiary/aromatic N) is 2. The number of ether oxygens (including phenoxy) is 2. The van der Waals surface area contributed by atoms with Gasteiger partial charge in [0.2, 0.25) is 0 Å². The Hall–Kier alpha value is -3.80. The van der Waals surface area contributed by atoms with Gasteiger partial charge in [0.1, 0.15) is 0 Å². The standard InChI is InChI=1S/C26H28N2O4/c1-3-27(21-13-7-5-8-14-21)25(29)19-31-23-17-11-12-18-24(23)32-20-26(30)28(4-2)22-15-9-6-10-16-22/h5-18H,3-4,19-20H2,1-2H3. The summed E-state index contributed by atoms with van der Waals surface area (Å²) in [6.07, 6.45) is 0. The van der Waals surface area contributed by atoms with Gasteiger partial charge in [-0.15, -0.1) is 0 Å². The van der Waals surface area contributed by atoms with Crippen LogP contribution in [0.4, 0.5) is 11.4 Å². The molecule has 3 rings (SSSR count). The van der Waals surface area contributed by atoms with E-state index in [2.05, 4.69) is 0 Å². The largest absolute Gasteiger partial charge is 0.480 e. The van der Waals surface area contributed by atoms with Gasteiger partial charge in [-0.25, -0.2) is 0 Å². The quantitative estimate of drug-likeness (QED) is 0.472. The van der Waals surface area contributed by atoms with Gasteiger partial charge in [0.25, 0.3) is 11.8 Å². The average Bonchev–Trinajstić information content (AvgIpc) is 2.84. The second-order valence-electron chi connectivity index (χ2n) is 6.97. The van der Waals surface area contributed by atoms with Gasteiger partial charge in [-0.1, -0.05) is 48.5 Å². The number of hydrogen-bond donors (Lipinski definition) is 0. The van der Waals surface area contributed by atoms with Crippen LogP contribution in [0.3, 0.4) is 0 Å². The number of benzene rings is 3. The first kappa shape index (κ1) is 22.9. The first-order chi connectivity index (χ1) is 15.6. The summed E-state index contributed by atoms with van der Waals surface area (Å²) < 4.78 is 11.5. The zero-order valence-corrected chi connectivity index (χ0v) is 18.4. The molecule has 0 saturated heterocycles. The van der Waals surface area contributed by atoms with Gasteiger partial charge in [0, 0.05) is 24.5 Å². The molecule has 0 aliphatic heterocycles. The lowest BCUT2D eigenvalue weighted by molar-refractivity contribution is -0.121. The Kier molecular flexibility index (Phi) is 8.26. The zero-order valence-electron chi connectivity index (χ0n) is 18.4. The molecule has 0 aliphatic carbocycles. The summed E-state index contributed by atoms with van der Waals surface area (Å²) in [5.74, 6) is 0.512. The maximum atomic E-state index is 12.7. The lowest BCUT2D eigenvalue weighted by atomic mass is 10.3. The van der Waals surface area contributed by atoms with Gasteiger partial charge in [0.05, 0.1) is 0 Å². The van der Waals surface area contributed by atoms with Crippen molar-refractivity contribution in [1.29, 1.82) is 0 Å². The van der Waals surface area contributed by atoms with Crippen LogP contribution in [0.25, 0.3) is 0 Å². The van der Waals surface area contributed by atoms with Crippen molar-refractivity contribution in [2.24, 2.45) is 0 Å². The Balaban J connectivity index is 1.62. The molecule has 0 saturated carbocycles. The third-order valence-electron chi connectivity index (χ3n) is 4.92. The number of amides is 2. The van der Waals surface area contributed by atoms with E-state index in [4.69, 9.17) is 9.47 Å². The maximum Gasteiger partial charge on any atom is 0.264 e. The van der Waals surface area contributed by atoms with Gasteiger partial charge < -0.3 is 19.3 Å². The minimum Gasteiger partial charge on any atom is -0.480 e. The molecule has 3 aromatic rings. The Labute approximate surface area is 189 Å². The SMILES string of the molecule is CCN(C(=O)COc1ccccc1OCC(=O)N(CC)c1ccccc1)c1ccccc1. The highest BCUT2D eigenvalue weighted by atomic mass is 16.5. The van der Waals surface area contributed by atoms with Crippen molar-refractivity contribution >= 4 is 23.2 Å². The lowest BCUT2D eigenvalue weighted by Crippen LogP contribution is -2.35. The Morgan fingerprint density at radius 1 is 0.594 bits per heavy atom. The first-order valence-electron chi connectivity index (χ1n) is 10.7. The highest BCUT2D eigenvalue weighted by Crippen LogP contribution is 2.27. The van der Waals surface area contributed by atoms with Crippen LogP contribution in [0.15, 0.2) is 84.9 Å². The van der Waals surface area contributed by atoms with Crippen LogP contribution in [-0.2, 0) is 9.59 Å². The van der Waals surface area contributed by atoms with E-state index in [1.165, 1.54) is 0 Å². The summed E-state index contributed by atoms with van der Waals surface area (Å²) in [7, 11) is 0. The summed E-state index contributed by atoms with van der Waals surface area (Å²) in [5.41, 5.74) is 1.64. The number of likely N-dealkylation sites (N-methyl/N-ethyl adjacent to an activating group) is 2. The zero-order chi connectivity index (χ0) is 22.8. The van der Waals surface area contributed by atoms with Crippen LogP contribution >= 0.6 is 0 Å². The maximum absolute atomic E-state index is 12.7. The molecule has 0 spiro atoms. The van der Waals surface area contributed by atoms with E-state index < -0.39 is 0 Å². The van der Waals surface area contributed by atoms with Crippen LogP contribution in [0.5, 0.6) is 11.5 Å². The van der Waals surface area contributed by atoms with Gasteiger partial charge in [0.15, 0.2) is 24.7 Å². The molecule has 0 radical (unpaired) electrons. The van der Waals surface area contributed by atoms with E-state index >= 15 is 0 Å². The summed E-state index contributed by atoms with van der Waals surface area (Å²) in [5, 5.41) is 0. The van der Waals surface area contributed by atoms with E-state index in [0.717, 1.165) is 11.4 Å². The molecule has 6 nitrogen and oxygen atoms in total. The van der Waals surface area contributed by atoms with Crippen LogP contribution in [-0.4, -0.2) is 38.1 Å². The van der Waals surface area contributed by atoms with E-state index in [-0.39, 0.29) is 25.0 Å². The second kappa shape index (κ2) is 11.6. The molecule has 32 heavy (non-hydrogen) atoms. The molecule has 166 valence electrons. The molecule has 0 N–H and O–H groups in total. The Bertz CT molecular complexity index is 926. The molecule has 0 aromatic heterocycles. The molecule has 0 aliphatic rings. The number of rotatable bonds is 10. The van der Waals surface area contributed by atoms with Gasteiger partial charge in [-0.2, -0.15) is 0 Å². The highest BCUT2D eigenvalue weighted by molar-refractivity contribution is 5.95. The lowest BCUT2D eigenvalue weighted by Gasteiger charge is -2.22. The molecule has 0 atom stereocenters. The van der Waals surface area contributed by atoms with E-state index in [9.17, 15) is 9.59 Å². The van der Waals surface area contributed by atoms with Crippen molar-refractivity contribution in [2.75, 3.05) is 36.1 Å². The molecule has 0 heterocycles. The molecule has 2 amide bonds. The van der Waals surface area contributed by atoms with E-state index in [0.29, 0.717) is 24.6 Å². The third-order valence-corrected chi connectivity index (χ3v) is 4.92. The van der Waals surface area contributed by atoms with Crippen molar-refractivity contribution in [3.8, 4) is 11.5 Å². The van der Waals surface area contributed by atoms with Gasteiger partial charge >= 0.3 is 0 Å². The normalized spacial score (nSPS) is 10.3. The third kappa shape index (κ3) is 5.88. The van der Waals surface area contributed by atoms with Crippen LogP contribution in [0.1, 0.15) is 13.8 Å². The van der Waals surface area contributed by atoms with Crippen molar-refractivity contribution in [2.45, 2.75) is 13.8 Å². The number of hydrogen-bond acceptors (Lipinski definition) is 4. The van der Waals surface area contributed by atoms with Crippen molar-refractivity contribution in [3.63, 3.8) is 0 Å².